The standard InChI is InChI=1S/C28H28F2N6O4S/c1-39-22-9-3-2-7-19(22)26(36-41(37)38)20-10-11-23(25(30)24(20)29)40-27-18(8-5-14-32-27)21-12-15-33-28(35-21)34-17-6-4-13-31-16-17/h2-3,5,7-12,14-15,17,26,31,41H,4,6,13,16H2,1H3,(H,33,34,35)(H,36,37,38)/t17-,26-/m0/s1. The summed E-state index contributed by atoms with van der Waals surface area (Å²) in [6.07, 6.45) is 5.09. The van der Waals surface area contributed by atoms with Crippen LogP contribution in [0, 0.1) is 11.6 Å². The van der Waals surface area contributed by atoms with Gasteiger partial charge in [-0.05, 0) is 49.7 Å². The summed E-state index contributed by atoms with van der Waals surface area (Å²) in [5.74, 6) is -2.29. The molecule has 2 aromatic carbocycles. The maximum atomic E-state index is 15.5. The highest BCUT2D eigenvalue weighted by Gasteiger charge is 2.26. The van der Waals surface area contributed by atoms with Crippen molar-refractivity contribution in [3.63, 3.8) is 0 Å². The molecule has 1 aliphatic heterocycles. The van der Waals surface area contributed by atoms with Crippen LogP contribution in [0.3, 0.4) is 0 Å². The van der Waals surface area contributed by atoms with Crippen molar-refractivity contribution in [1.82, 2.24) is 25.0 Å². The summed E-state index contributed by atoms with van der Waals surface area (Å²) in [4.78, 5) is 13.1. The second kappa shape index (κ2) is 13.0. The maximum Gasteiger partial charge on any atom is 0.228 e. The summed E-state index contributed by atoms with van der Waals surface area (Å²) in [6, 6.07) is 12.9. The normalized spacial score (nSPS) is 15.9. The number of para-hydroxylation sites is 1. The SMILES string of the molecule is COc1ccccc1[C@H](N[SH](=O)=O)c1ccc(Oc2ncccc2-c2ccnc(N[C@H]3CCCNC3)n2)c(F)c1F. The lowest BCUT2D eigenvalue weighted by Gasteiger charge is -2.23. The number of methoxy groups -OCH3 is 1. The molecule has 0 amide bonds. The third-order valence-electron chi connectivity index (χ3n) is 6.61. The molecule has 3 heterocycles. The second-order valence-electron chi connectivity index (χ2n) is 9.25. The van der Waals surface area contributed by atoms with Crippen LogP contribution in [0.2, 0.25) is 0 Å². The summed E-state index contributed by atoms with van der Waals surface area (Å²) < 4.78 is 67.4. The molecule has 4 aromatic rings. The van der Waals surface area contributed by atoms with Gasteiger partial charge < -0.3 is 20.1 Å². The number of halogens is 2. The molecule has 2 atom stereocenters. The number of anilines is 1. The van der Waals surface area contributed by atoms with Crippen LogP contribution in [0.25, 0.3) is 11.3 Å². The van der Waals surface area contributed by atoms with E-state index in [2.05, 4.69) is 30.3 Å². The number of nitrogens with one attached hydrogen (secondary N) is 3. The van der Waals surface area contributed by atoms with Gasteiger partial charge in [-0.2, -0.15) is 4.39 Å². The number of piperidine rings is 1. The Kier molecular flexibility index (Phi) is 8.97. The van der Waals surface area contributed by atoms with E-state index >= 15 is 8.78 Å². The highest BCUT2D eigenvalue weighted by molar-refractivity contribution is 7.70. The van der Waals surface area contributed by atoms with Gasteiger partial charge in [0.2, 0.25) is 28.5 Å². The van der Waals surface area contributed by atoms with Crippen LogP contribution >= 0.6 is 0 Å². The van der Waals surface area contributed by atoms with Gasteiger partial charge >= 0.3 is 0 Å². The number of nitrogens with zero attached hydrogens (tertiary/aromatic N) is 3. The van der Waals surface area contributed by atoms with Crippen molar-refractivity contribution in [2.75, 3.05) is 25.5 Å². The number of aromatic nitrogens is 3. The second-order valence-corrected chi connectivity index (χ2v) is 10.0. The van der Waals surface area contributed by atoms with Gasteiger partial charge in [0.1, 0.15) is 5.75 Å². The van der Waals surface area contributed by atoms with Gasteiger partial charge in [-0.1, -0.05) is 24.3 Å². The molecule has 0 spiro atoms. The minimum Gasteiger partial charge on any atom is -0.496 e. The molecule has 214 valence electrons. The monoisotopic (exact) mass is 582 g/mol. The van der Waals surface area contributed by atoms with Crippen molar-refractivity contribution in [3.05, 3.63) is 89.8 Å². The Bertz CT molecular complexity index is 1590. The molecule has 2 aromatic heterocycles. The zero-order valence-electron chi connectivity index (χ0n) is 22.0. The molecule has 1 aliphatic rings. The van der Waals surface area contributed by atoms with Crippen molar-refractivity contribution in [2.24, 2.45) is 0 Å². The molecule has 0 unspecified atom stereocenters. The minimum absolute atomic E-state index is 0.00424. The summed E-state index contributed by atoms with van der Waals surface area (Å²) in [7, 11) is -1.77. The molecule has 13 heteroatoms. The minimum atomic E-state index is -3.17. The van der Waals surface area contributed by atoms with Gasteiger partial charge in [0.05, 0.1) is 24.4 Å². The van der Waals surface area contributed by atoms with E-state index in [1.165, 1.54) is 25.4 Å². The number of hydrogen-bond donors (Lipinski definition) is 4. The van der Waals surface area contributed by atoms with Crippen molar-refractivity contribution < 1.29 is 26.7 Å². The average molecular weight is 583 g/mol. The highest BCUT2D eigenvalue weighted by atomic mass is 32.2. The number of benzene rings is 2. The molecule has 10 nitrogen and oxygen atoms in total. The predicted octanol–water partition coefficient (Wildman–Crippen LogP) is 3.99. The number of hydrogen-bond acceptors (Lipinski definition) is 9. The van der Waals surface area contributed by atoms with E-state index in [1.54, 1.807) is 48.7 Å². The van der Waals surface area contributed by atoms with E-state index < -0.39 is 34.3 Å². The topological polar surface area (TPSA) is 127 Å². The fourth-order valence-electron chi connectivity index (χ4n) is 4.67. The summed E-state index contributed by atoms with van der Waals surface area (Å²) in [6.45, 7) is 1.78. The Balaban J connectivity index is 1.45. The molecule has 0 radical (unpaired) electrons. The van der Waals surface area contributed by atoms with Crippen LogP contribution in [0.5, 0.6) is 17.4 Å². The van der Waals surface area contributed by atoms with E-state index in [1.807, 2.05) is 0 Å². The Morgan fingerprint density at radius 3 is 2.61 bits per heavy atom. The third-order valence-corrected chi connectivity index (χ3v) is 7.08. The molecule has 0 saturated carbocycles. The molecule has 0 aliphatic carbocycles. The number of pyridine rings is 1. The van der Waals surface area contributed by atoms with Crippen molar-refractivity contribution in [1.29, 1.82) is 0 Å². The lowest BCUT2D eigenvalue weighted by Crippen LogP contribution is -2.38. The van der Waals surface area contributed by atoms with Crippen molar-refractivity contribution >= 4 is 16.8 Å². The molecule has 41 heavy (non-hydrogen) atoms. The Hall–Kier alpha value is -4.20. The lowest BCUT2D eigenvalue weighted by atomic mass is 9.98. The van der Waals surface area contributed by atoms with Crippen molar-refractivity contribution in [2.45, 2.75) is 24.9 Å². The van der Waals surface area contributed by atoms with Gasteiger partial charge in [-0.3, -0.25) is 0 Å². The summed E-state index contributed by atoms with van der Waals surface area (Å²) >= 11 is 0. The number of ether oxygens (including phenoxy) is 2. The number of thiol groups is 1. The zero-order chi connectivity index (χ0) is 28.8. The lowest BCUT2D eigenvalue weighted by molar-refractivity contribution is 0.397. The quantitative estimate of drug-likeness (QED) is 0.205. The van der Waals surface area contributed by atoms with E-state index in [-0.39, 0.29) is 17.5 Å². The molecule has 1 saturated heterocycles. The van der Waals surface area contributed by atoms with Crippen molar-refractivity contribution in [3.8, 4) is 28.6 Å². The van der Waals surface area contributed by atoms with Gasteiger partial charge in [-0.25, -0.2) is 32.5 Å². The van der Waals surface area contributed by atoms with Gasteiger partial charge in [0, 0.05) is 36.1 Å². The summed E-state index contributed by atoms with van der Waals surface area (Å²) in [5.41, 5.74) is 0.987. The van der Waals surface area contributed by atoms with Crippen LogP contribution in [0.15, 0.2) is 67.0 Å². The van der Waals surface area contributed by atoms with E-state index in [0.29, 0.717) is 28.5 Å². The number of rotatable bonds is 10. The molecular weight excluding hydrogens is 554 g/mol. The van der Waals surface area contributed by atoms with Crippen LogP contribution in [-0.2, 0) is 10.9 Å². The zero-order valence-corrected chi connectivity index (χ0v) is 22.9. The smallest absolute Gasteiger partial charge is 0.228 e. The van der Waals surface area contributed by atoms with Crippen LogP contribution < -0.4 is 24.8 Å². The fraction of sp³-hybridized carbons (Fsp3) is 0.250. The molecule has 3 N–H and O–H groups in total. The highest BCUT2D eigenvalue weighted by Crippen LogP contribution is 2.37. The fourth-order valence-corrected chi connectivity index (χ4v) is 5.16. The molecule has 0 bridgehead atoms. The first-order chi connectivity index (χ1) is 19.9. The van der Waals surface area contributed by atoms with E-state index in [9.17, 15) is 8.42 Å². The Labute approximate surface area is 237 Å². The summed E-state index contributed by atoms with van der Waals surface area (Å²) in [5, 5.41) is 6.64. The maximum absolute atomic E-state index is 15.5. The Morgan fingerprint density at radius 2 is 1.83 bits per heavy atom. The molecule has 5 rings (SSSR count). The van der Waals surface area contributed by atoms with Gasteiger partial charge in [0.25, 0.3) is 0 Å². The van der Waals surface area contributed by atoms with E-state index in [4.69, 9.17) is 9.47 Å². The van der Waals surface area contributed by atoms with Crippen LogP contribution in [-0.4, -0.2) is 49.6 Å². The molecule has 1 fully saturated rings. The Morgan fingerprint density at radius 1 is 0.976 bits per heavy atom. The first-order valence-electron chi connectivity index (χ1n) is 12.9. The predicted molar refractivity (Wildman–Crippen MR) is 149 cm³/mol. The first-order valence-corrected chi connectivity index (χ1v) is 14.1. The van der Waals surface area contributed by atoms with Crippen LogP contribution in [0.4, 0.5) is 14.7 Å². The van der Waals surface area contributed by atoms with Crippen LogP contribution in [0.1, 0.15) is 30.0 Å². The van der Waals surface area contributed by atoms with Gasteiger partial charge in [0.15, 0.2) is 11.6 Å². The third kappa shape index (κ3) is 6.59. The van der Waals surface area contributed by atoms with E-state index in [0.717, 1.165) is 25.9 Å². The molecular formula is C28H28F2N6O4S. The first kappa shape index (κ1) is 28.3. The van der Waals surface area contributed by atoms with Gasteiger partial charge in [-0.15, -0.1) is 0 Å². The average Bonchev–Trinajstić information content (AvgIpc) is 2.99. The largest absolute Gasteiger partial charge is 0.496 e.